The van der Waals surface area contributed by atoms with Gasteiger partial charge in [0.25, 0.3) is 0 Å². The summed E-state index contributed by atoms with van der Waals surface area (Å²) < 4.78 is 5.35. The van der Waals surface area contributed by atoms with E-state index >= 15 is 0 Å². The monoisotopic (exact) mass is 206 g/mol. The van der Waals surface area contributed by atoms with Crippen LogP contribution in [0, 0.1) is 5.92 Å². The van der Waals surface area contributed by atoms with Crippen LogP contribution in [0.1, 0.15) is 25.8 Å². The van der Waals surface area contributed by atoms with Crippen LogP contribution in [-0.2, 0) is 11.2 Å². The maximum Gasteiger partial charge on any atom is 0.122 e. The molecule has 1 aromatic rings. The quantitative estimate of drug-likeness (QED) is 0.669. The average Bonchev–Trinajstić information content (AvgIpc) is 2.28. The molecule has 0 aliphatic carbocycles. The highest BCUT2D eigenvalue weighted by molar-refractivity contribution is 5.52. The van der Waals surface area contributed by atoms with Crippen LogP contribution in [0.2, 0.25) is 0 Å². The third-order valence-electron chi connectivity index (χ3n) is 2.36. The Balaban J connectivity index is 2.45. The lowest BCUT2D eigenvalue weighted by Gasteiger charge is -2.06. The van der Waals surface area contributed by atoms with E-state index in [1.807, 2.05) is 26.0 Å². The summed E-state index contributed by atoms with van der Waals surface area (Å²) in [6.07, 6.45) is 2.87. The van der Waals surface area contributed by atoms with E-state index in [0.29, 0.717) is 6.61 Å². The Kier molecular flexibility index (Phi) is 4.88. The third-order valence-corrected chi connectivity index (χ3v) is 2.36. The van der Waals surface area contributed by atoms with Gasteiger partial charge in [-0.05, 0) is 37.5 Å². The molecule has 82 valence electrons. The summed E-state index contributed by atoms with van der Waals surface area (Å²) in [7, 11) is 0. The van der Waals surface area contributed by atoms with E-state index < -0.39 is 0 Å². The number of carbonyl (C=O) groups excluding carboxylic acids is 1. The maximum atomic E-state index is 10.4. The SMILES string of the molecule is CCOc1ccc(CC[C@@H](C)C=O)cc1. The minimum Gasteiger partial charge on any atom is -0.494 e. The predicted molar refractivity (Wildman–Crippen MR) is 61.2 cm³/mol. The summed E-state index contributed by atoms with van der Waals surface area (Å²) in [5.41, 5.74) is 1.26. The maximum absolute atomic E-state index is 10.4. The standard InChI is InChI=1S/C13H18O2/c1-3-15-13-8-6-12(7-9-13)5-4-11(2)10-14/h6-11H,3-5H2,1-2H3/t11-/m1/s1. The molecule has 0 heterocycles. The Morgan fingerprint density at radius 1 is 1.33 bits per heavy atom. The predicted octanol–water partition coefficient (Wildman–Crippen LogP) is 2.85. The zero-order chi connectivity index (χ0) is 11.1. The first-order chi connectivity index (χ1) is 7.26. The van der Waals surface area contributed by atoms with Gasteiger partial charge in [-0.3, -0.25) is 0 Å². The molecule has 0 saturated heterocycles. The first kappa shape index (κ1) is 11.8. The molecule has 0 saturated carbocycles. The Morgan fingerprint density at radius 2 is 2.00 bits per heavy atom. The highest BCUT2D eigenvalue weighted by Gasteiger charge is 2.00. The van der Waals surface area contributed by atoms with Crippen LogP contribution in [0.15, 0.2) is 24.3 Å². The normalized spacial score (nSPS) is 12.1. The van der Waals surface area contributed by atoms with Crippen LogP contribution >= 0.6 is 0 Å². The molecule has 1 aromatic carbocycles. The fourth-order valence-corrected chi connectivity index (χ4v) is 1.38. The van der Waals surface area contributed by atoms with Crippen molar-refractivity contribution in [3.8, 4) is 5.75 Å². The minimum absolute atomic E-state index is 0.150. The summed E-state index contributed by atoms with van der Waals surface area (Å²) in [6, 6.07) is 8.07. The first-order valence-corrected chi connectivity index (χ1v) is 5.43. The van der Waals surface area contributed by atoms with Crippen molar-refractivity contribution in [3.05, 3.63) is 29.8 Å². The highest BCUT2D eigenvalue weighted by atomic mass is 16.5. The Morgan fingerprint density at radius 3 is 2.53 bits per heavy atom. The van der Waals surface area contributed by atoms with Gasteiger partial charge in [0.1, 0.15) is 12.0 Å². The van der Waals surface area contributed by atoms with Crippen LogP contribution < -0.4 is 4.74 Å². The molecule has 0 spiro atoms. The van der Waals surface area contributed by atoms with Crippen LogP contribution in [0.4, 0.5) is 0 Å². The van der Waals surface area contributed by atoms with E-state index in [-0.39, 0.29) is 5.92 Å². The van der Waals surface area contributed by atoms with Crippen LogP contribution in [0.3, 0.4) is 0 Å². The number of carbonyl (C=O) groups is 1. The van der Waals surface area contributed by atoms with Crippen molar-refractivity contribution in [2.75, 3.05) is 6.61 Å². The van der Waals surface area contributed by atoms with E-state index in [1.54, 1.807) is 0 Å². The highest BCUT2D eigenvalue weighted by Crippen LogP contribution is 2.14. The lowest BCUT2D eigenvalue weighted by molar-refractivity contribution is -0.110. The minimum atomic E-state index is 0.150. The van der Waals surface area contributed by atoms with Gasteiger partial charge < -0.3 is 9.53 Å². The number of aryl methyl sites for hydroxylation is 1. The number of benzene rings is 1. The Hall–Kier alpha value is -1.31. The van der Waals surface area contributed by atoms with E-state index in [4.69, 9.17) is 4.74 Å². The van der Waals surface area contributed by atoms with Gasteiger partial charge in [0.15, 0.2) is 0 Å². The molecule has 2 nitrogen and oxygen atoms in total. The Bertz CT molecular complexity index is 290. The second kappa shape index (κ2) is 6.23. The molecule has 2 heteroatoms. The first-order valence-electron chi connectivity index (χ1n) is 5.43. The van der Waals surface area contributed by atoms with E-state index in [1.165, 1.54) is 5.56 Å². The van der Waals surface area contributed by atoms with Crippen molar-refractivity contribution in [1.82, 2.24) is 0 Å². The number of hydrogen-bond donors (Lipinski definition) is 0. The van der Waals surface area contributed by atoms with Crippen molar-refractivity contribution in [2.24, 2.45) is 5.92 Å². The van der Waals surface area contributed by atoms with Gasteiger partial charge in [-0.25, -0.2) is 0 Å². The topological polar surface area (TPSA) is 26.3 Å². The number of hydrogen-bond acceptors (Lipinski definition) is 2. The van der Waals surface area contributed by atoms with Crippen LogP contribution in [0.25, 0.3) is 0 Å². The Labute approximate surface area is 91.3 Å². The van der Waals surface area contributed by atoms with Crippen molar-refractivity contribution < 1.29 is 9.53 Å². The van der Waals surface area contributed by atoms with Crippen LogP contribution in [0.5, 0.6) is 5.75 Å². The molecule has 1 atom stereocenters. The average molecular weight is 206 g/mol. The molecular weight excluding hydrogens is 188 g/mol. The number of ether oxygens (including phenoxy) is 1. The van der Waals surface area contributed by atoms with Crippen LogP contribution in [-0.4, -0.2) is 12.9 Å². The molecule has 0 aromatic heterocycles. The van der Waals surface area contributed by atoms with Crippen molar-refractivity contribution in [3.63, 3.8) is 0 Å². The summed E-state index contributed by atoms with van der Waals surface area (Å²) >= 11 is 0. The third kappa shape index (κ3) is 4.15. The molecular formula is C13H18O2. The zero-order valence-corrected chi connectivity index (χ0v) is 9.40. The molecule has 0 bridgehead atoms. The van der Waals surface area contributed by atoms with E-state index in [0.717, 1.165) is 24.9 Å². The van der Waals surface area contributed by atoms with Gasteiger partial charge in [0, 0.05) is 5.92 Å². The van der Waals surface area contributed by atoms with Gasteiger partial charge in [0.2, 0.25) is 0 Å². The fourth-order valence-electron chi connectivity index (χ4n) is 1.38. The molecule has 0 unspecified atom stereocenters. The van der Waals surface area contributed by atoms with Gasteiger partial charge in [-0.15, -0.1) is 0 Å². The molecule has 1 rings (SSSR count). The van der Waals surface area contributed by atoms with E-state index in [9.17, 15) is 4.79 Å². The van der Waals surface area contributed by atoms with Gasteiger partial charge in [-0.1, -0.05) is 19.1 Å². The summed E-state index contributed by atoms with van der Waals surface area (Å²) in [5, 5.41) is 0. The molecule has 0 aliphatic heterocycles. The zero-order valence-electron chi connectivity index (χ0n) is 9.40. The molecule has 0 aliphatic rings. The lowest BCUT2D eigenvalue weighted by atomic mass is 10.0. The fraction of sp³-hybridized carbons (Fsp3) is 0.462. The molecule has 15 heavy (non-hydrogen) atoms. The van der Waals surface area contributed by atoms with Gasteiger partial charge in [-0.2, -0.15) is 0 Å². The molecule has 0 fully saturated rings. The largest absolute Gasteiger partial charge is 0.494 e. The van der Waals surface area contributed by atoms with Gasteiger partial charge in [0.05, 0.1) is 6.61 Å². The van der Waals surface area contributed by atoms with Crippen molar-refractivity contribution >= 4 is 6.29 Å². The summed E-state index contributed by atoms with van der Waals surface area (Å²) in [4.78, 5) is 10.4. The smallest absolute Gasteiger partial charge is 0.122 e. The summed E-state index contributed by atoms with van der Waals surface area (Å²) in [5.74, 6) is 1.06. The summed E-state index contributed by atoms with van der Waals surface area (Å²) in [6.45, 7) is 4.61. The molecule has 0 N–H and O–H groups in total. The molecule has 0 radical (unpaired) electrons. The lowest BCUT2D eigenvalue weighted by Crippen LogP contribution is -1.98. The van der Waals surface area contributed by atoms with Crippen molar-refractivity contribution in [2.45, 2.75) is 26.7 Å². The van der Waals surface area contributed by atoms with Gasteiger partial charge >= 0.3 is 0 Å². The number of rotatable bonds is 6. The van der Waals surface area contributed by atoms with E-state index in [2.05, 4.69) is 12.1 Å². The van der Waals surface area contributed by atoms with Crippen molar-refractivity contribution in [1.29, 1.82) is 0 Å². The second-order valence-corrected chi connectivity index (χ2v) is 3.73. The second-order valence-electron chi connectivity index (χ2n) is 3.73. The number of aldehydes is 1. The molecule has 0 amide bonds.